The Morgan fingerprint density at radius 1 is 0.450 bits per heavy atom. The first-order valence-electron chi connectivity index (χ1n) is 13.5. The molecule has 0 aliphatic heterocycles. The van der Waals surface area contributed by atoms with Crippen LogP contribution >= 0.6 is 0 Å². The fourth-order valence-electron chi connectivity index (χ4n) is 5.67. The summed E-state index contributed by atoms with van der Waals surface area (Å²) in [5.74, 6) is 0.633. The van der Waals surface area contributed by atoms with Gasteiger partial charge < -0.3 is 8.98 Å². The summed E-state index contributed by atoms with van der Waals surface area (Å²) in [6.07, 6.45) is 0. The molecule has 3 nitrogen and oxygen atoms in total. The van der Waals surface area contributed by atoms with E-state index in [1.165, 1.54) is 33.1 Å². The van der Waals surface area contributed by atoms with E-state index >= 15 is 0 Å². The van der Waals surface area contributed by atoms with Crippen LogP contribution in [0.25, 0.3) is 72.3 Å². The first-order chi connectivity index (χ1) is 19.8. The van der Waals surface area contributed by atoms with Gasteiger partial charge in [0.2, 0.25) is 5.89 Å². The average Bonchev–Trinajstić information content (AvgIpc) is 3.61. The van der Waals surface area contributed by atoms with Crippen LogP contribution in [0.1, 0.15) is 0 Å². The van der Waals surface area contributed by atoms with Crippen LogP contribution in [0.5, 0.6) is 0 Å². The Hall–Kier alpha value is -5.41. The third kappa shape index (κ3) is 3.71. The summed E-state index contributed by atoms with van der Waals surface area (Å²) in [5.41, 5.74) is 10.8. The average molecular weight is 513 g/mol. The predicted molar refractivity (Wildman–Crippen MR) is 165 cm³/mol. The van der Waals surface area contributed by atoms with Crippen LogP contribution in [-0.4, -0.2) is 9.55 Å². The summed E-state index contributed by atoms with van der Waals surface area (Å²) >= 11 is 0. The molecule has 0 saturated carbocycles. The predicted octanol–water partition coefficient (Wildman–Crippen LogP) is 9.93. The molecule has 0 bridgehead atoms. The Bertz CT molecular complexity index is 2140. The van der Waals surface area contributed by atoms with Gasteiger partial charge in [-0.1, -0.05) is 91.0 Å². The zero-order valence-corrected chi connectivity index (χ0v) is 21.7. The van der Waals surface area contributed by atoms with Gasteiger partial charge in [-0.2, -0.15) is 0 Å². The lowest BCUT2D eigenvalue weighted by Gasteiger charge is -2.08. The highest BCUT2D eigenvalue weighted by atomic mass is 16.3. The highest BCUT2D eigenvalue weighted by Crippen LogP contribution is 2.35. The Balaban J connectivity index is 1.16. The lowest BCUT2D eigenvalue weighted by Crippen LogP contribution is -1.92. The molecule has 0 atom stereocenters. The largest absolute Gasteiger partial charge is 0.436 e. The zero-order chi connectivity index (χ0) is 26.5. The molecule has 0 N–H and O–H groups in total. The molecular weight excluding hydrogens is 488 g/mol. The van der Waals surface area contributed by atoms with Gasteiger partial charge in [0, 0.05) is 22.0 Å². The van der Waals surface area contributed by atoms with Gasteiger partial charge in [0.05, 0.1) is 11.0 Å². The van der Waals surface area contributed by atoms with Gasteiger partial charge >= 0.3 is 0 Å². The van der Waals surface area contributed by atoms with Crippen molar-refractivity contribution in [2.75, 3.05) is 0 Å². The quantitative estimate of drug-likeness (QED) is 0.235. The molecule has 0 spiro atoms. The third-order valence-corrected chi connectivity index (χ3v) is 7.65. The number of aromatic nitrogens is 2. The normalized spacial score (nSPS) is 11.5. The Labute approximate surface area is 231 Å². The number of fused-ring (bicyclic) bond motifs is 4. The van der Waals surface area contributed by atoms with Gasteiger partial charge in [-0.15, -0.1) is 0 Å². The molecule has 3 heteroatoms. The van der Waals surface area contributed by atoms with Gasteiger partial charge in [0.25, 0.3) is 0 Å². The second-order valence-corrected chi connectivity index (χ2v) is 10.1. The highest BCUT2D eigenvalue weighted by molar-refractivity contribution is 6.10. The van der Waals surface area contributed by atoms with E-state index in [-0.39, 0.29) is 0 Å². The lowest BCUT2D eigenvalue weighted by atomic mass is 10.0. The maximum Gasteiger partial charge on any atom is 0.227 e. The van der Waals surface area contributed by atoms with Crippen molar-refractivity contribution < 1.29 is 4.42 Å². The van der Waals surface area contributed by atoms with Gasteiger partial charge in [-0.05, 0) is 76.9 Å². The molecule has 40 heavy (non-hydrogen) atoms. The smallest absolute Gasteiger partial charge is 0.227 e. The molecule has 0 fully saturated rings. The van der Waals surface area contributed by atoms with Crippen molar-refractivity contribution in [3.8, 4) is 39.4 Å². The Morgan fingerprint density at radius 2 is 1.05 bits per heavy atom. The van der Waals surface area contributed by atoms with E-state index in [4.69, 9.17) is 9.40 Å². The molecule has 2 aromatic heterocycles. The van der Waals surface area contributed by atoms with E-state index in [9.17, 15) is 0 Å². The van der Waals surface area contributed by atoms with E-state index < -0.39 is 0 Å². The van der Waals surface area contributed by atoms with Gasteiger partial charge in [0.1, 0.15) is 5.52 Å². The summed E-state index contributed by atoms with van der Waals surface area (Å²) in [7, 11) is 0. The Kier molecular flexibility index (Phi) is 5.14. The van der Waals surface area contributed by atoms with Gasteiger partial charge in [-0.3, -0.25) is 0 Å². The van der Waals surface area contributed by atoms with Crippen LogP contribution < -0.4 is 0 Å². The fourth-order valence-corrected chi connectivity index (χ4v) is 5.67. The number of nitrogens with zero attached hydrogens (tertiary/aromatic N) is 2. The van der Waals surface area contributed by atoms with E-state index in [1.54, 1.807) is 0 Å². The number of hydrogen-bond acceptors (Lipinski definition) is 2. The summed E-state index contributed by atoms with van der Waals surface area (Å²) in [5, 5.41) is 2.50. The topological polar surface area (TPSA) is 31.0 Å². The molecule has 0 aliphatic rings. The Morgan fingerprint density at radius 3 is 1.88 bits per heavy atom. The van der Waals surface area contributed by atoms with Crippen molar-refractivity contribution >= 4 is 32.9 Å². The van der Waals surface area contributed by atoms with Crippen LogP contribution in [0.2, 0.25) is 0 Å². The maximum absolute atomic E-state index is 6.20. The van der Waals surface area contributed by atoms with Crippen LogP contribution in [0.15, 0.2) is 150 Å². The van der Waals surface area contributed by atoms with Crippen LogP contribution in [0, 0.1) is 0 Å². The van der Waals surface area contributed by atoms with Gasteiger partial charge in [0.15, 0.2) is 5.58 Å². The molecule has 0 aliphatic carbocycles. The van der Waals surface area contributed by atoms with Crippen molar-refractivity contribution in [2.45, 2.75) is 0 Å². The minimum Gasteiger partial charge on any atom is -0.436 e. The molecular formula is C37H24N2O. The van der Waals surface area contributed by atoms with E-state index in [0.29, 0.717) is 5.89 Å². The highest BCUT2D eigenvalue weighted by Gasteiger charge is 2.14. The summed E-state index contributed by atoms with van der Waals surface area (Å²) in [6.45, 7) is 0. The maximum atomic E-state index is 6.20. The molecule has 8 rings (SSSR count). The number of para-hydroxylation sites is 2. The van der Waals surface area contributed by atoms with E-state index in [1.807, 2.05) is 24.3 Å². The van der Waals surface area contributed by atoms with Crippen LogP contribution in [-0.2, 0) is 0 Å². The fraction of sp³-hybridized carbons (Fsp3) is 0. The number of hydrogen-bond donors (Lipinski definition) is 0. The standard InChI is InChI=1S/C37H24N2O/c1-3-9-25(10-4-1)29-19-21-33-36(24-29)40-37(38-33)27-17-15-26(16-18-27)28-20-22-35-32(23-28)31-13-7-8-14-34(31)39(35)30-11-5-2-6-12-30/h1-24H. The second-order valence-electron chi connectivity index (χ2n) is 10.1. The summed E-state index contributed by atoms with van der Waals surface area (Å²) < 4.78 is 8.54. The van der Waals surface area contributed by atoms with Crippen molar-refractivity contribution in [1.29, 1.82) is 0 Å². The minimum atomic E-state index is 0.633. The van der Waals surface area contributed by atoms with Crippen molar-refractivity contribution in [2.24, 2.45) is 0 Å². The molecule has 6 aromatic carbocycles. The molecule has 188 valence electrons. The zero-order valence-electron chi connectivity index (χ0n) is 21.7. The third-order valence-electron chi connectivity index (χ3n) is 7.65. The number of oxazole rings is 1. The molecule has 2 heterocycles. The van der Waals surface area contributed by atoms with Crippen LogP contribution in [0.4, 0.5) is 0 Å². The molecule has 0 radical (unpaired) electrons. The van der Waals surface area contributed by atoms with E-state index in [0.717, 1.165) is 33.4 Å². The first kappa shape index (κ1) is 22.6. The second kappa shape index (κ2) is 9.11. The van der Waals surface area contributed by atoms with Crippen molar-refractivity contribution in [1.82, 2.24) is 9.55 Å². The number of rotatable bonds is 4. The summed E-state index contributed by atoms with van der Waals surface area (Å²) in [6, 6.07) is 50.9. The van der Waals surface area contributed by atoms with Crippen molar-refractivity contribution in [3.05, 3.63) is 146 Å². The lowest BCUT2D eigenvalue weighted by molar-refractivity contribution is 0.620. The first-order valence-corrected chi connectivity index (χ1v) is 13.5. The summed E-state index contributed by atoms with van der Waals surface area (Å²) in [4.78, 5) is 4.76. The van der Waals surface area contributed by atoms with Crippen molar-refractivity contribution in [3.63, 3.8) is 0 Å². The SMILES string of the molecule is c1ccc(-c2ccc3nc(-c4ccc(-c5ccc6c(c5)c5ccccc5n6-c5ccccc5)cc4)oc3c2)cc1. The molecule has 0 saturated heterocycles. The molecule has 0 amide bonds. The monoisotopic (exact) mass is 512 g/mol. The molecule has 0 unspecified atom stereocenters. The minimum absolute atomic E-state index is 0.633. The number of benzene rings is 6. The van der Waals surface area contributed by atoms with Gasteiger partial charge in [-0.25, -0.2) is 4.98 Å². The van der Waals surface area contributed by atoms with E-state index in [2.05, 4.69) is 126 Å². The van der Waals surface area contributed by atoms with Crippen LogP contribution in [0.3, 0.4) is 0 Å². The molecule has 8 aromatic rings.